The van der Waals surface area contributed by atoms with Crippen molar-refractivity contribution in [2.75, 3.05) is 19.6 Å². The van der Waals surface area contributed by atoms with E-state index in [4.69, 9.17) is 11.6 Å². The number of nitrogens with zero attached hydrogens (tertiary/aromatic N) is 1. The Balaban J connectivity index is 0.00000180. The minimum Gasteiger partial charge on any atom is -0.300 e. The highest BCUT2D eigenvalue weighted by Crippen LogP contribution is 2.14. The zero-order chi connectivity index (χ0) is 12.8. The molecule has 1 aliphatic heterocycles. The standard InChI is InChI=1S/C16H22ClN.ClH/c1-14-5-7-15(8-6-14)13-16(17)9-12-18-10-3-2-4-11-18;/h5-9H,2-4,10-13H2,1H3;1H/b16-9-;. The lowest BCUT2D eigenvalue weighted by atomic mass is 10.1. The number of halogens is 2. The number of benzene rings is 1. The highest BCUT2D eigenvalue weighted by molar-refractivity contribution is 6.29. The van der Waals surface area contributed by atoms with Crippen LogP contribution in [0.15, 0.2) is 35.4 Å². The molecule has 0 radical (unpaired) electrons. The van der Waals surface area contributed by atoms with Crippen LogP contribution in [0.2, 0.25) is 0 Å². The first-order valence-corrected chi connectivity index (χ1v) is 7.24. The SMILES string of the molecule is Cc1ccc(C/C(Cl)=C/CN2CCCCC2)cc1.Cl. The van der Waals surface area contributed by atoms with Gasteiger partial charge in [0.05, 0.1) is 0 Å². The first-order chi connectivity index (χ1) is 8.74. The topological polar surface area (TPSA) is 3.24 Å². The highest BCUT2D eigenvalue weighted by atomic mass is 35.5. The maximum absolute atomic E-state index is 6.31. The first kappa shape index (κ1) is 16.6. The smallest absolute Gasteiger partial charge is 0.0197 e. The van der Waals surface area contributed by atoms with Crippen molar-refractivity contribution in [2.45, 2.75) is 32.6 Å². The van der Waals surface area contributed by atoms with E-state index in [2.05, 4.69) is 42.2 Å². The van der Waals surface area contributed by atoms with Crippen molar-refractivity contribution in [3.05, 3.63) is 46.5 Å². The molecule has 1 aromatic carbocycles. The third-order valence-corrected chi connectivity index (χ3v) is 3.80. The lowest BCUT2D eigenvalue weighted by molar-refractivity contribution is 0.251. The highest BCUT2D eigenvalue weighted by Gasteiger charge is 2.08. The van der Waals surface area contributed by atoms with Gasteiger partial charge in [-0.2, -0.15) is 0 Å². The van der Waals surface area contributed by atoms with Crippen LogP contribution in [0.5, 0.6) is 0 Å². The minimum absolute atomic E-state index is 0. The fraction of sp³-hybridized carbons (Fsp3) is 0.500. The molecule has 0 saturated carbocycles. The van der Waals surface area contributed by atoms with E-state index in [1.165, 1.54) is 43.5 Å². The summed E-state index contributed by atoms with van der Waals surface area (Å²) in [4.78, 5) is 2.49. The molecule has 0 spiro atoms. The van der Waals surface area contributed by atoms with Gasteiger partial charge >= 0.3 is 0 Å². The number of piperidine rings is 1. The summed E-state index contributed by atoms with van der Waals surface area (Å²) in [5, 5.41) is 0.962. The van der Waals surface area contributed by atoms with E-state index in [0.29, 0.717) is 0 Å². The van der Waals surface area contributed by atoms with Gasteiger partial charge in [-0.05, 0) is 38.4 Å². The molecule has 1 saturated heterocycles. The molecule has 1 aliphatic rings. The summed E-state index contributed by atoms with van der Waals surface area (Å²) in [6, 6.07) is 8.60. The Morgan fingerprint density at radius 2 is 1.79 bits per heavy atom. The predicted molar refractivity (Wildman–Crippen MR) is 86.4 cm³/mol. The van der Waals surface area contributed by atoms with E-state index in [1.807, 2.05) is 0 Å². The Morgan fingerprint density at radius 1 is 1.16 bits per heavy atom. The second-order valence-electron chi connectivity index (χ2n) is 5.17. The number of allylic oxidation sites excluding steroid dienone is 1. The van der Waals surface area contributed by atoms with E-state index in [1.54, 1.807) is 0 Å². The summed E-state index contributed by atoms with van der Waals surface area (Å²) < 4.78 is 0. The molecule has 0 aromatic heterocycles. The lowest BCUT2D eigenvalue weighted by Crippen LogP contribution is -2.29. The molecule has 3 heteroatoms. The van der Waals surface area contributed by atoms with Crippen molar-refractivity contribution in [3.8, 4) is 0 Å². The Morgan fingerprint density at radius 3 is 2.42 bits per heavy atom. The Labute approximate surface area is 128 Å². The molecule has 2 rings (SSSR count). The maximum Gasteiger partial charge on any atom is 0.0197 e. The monoisotopic (exact) mass is 299 g/mol. The summed E-state index contributed by atoms with van der Waals surface area (Å²) >= 11 is 6.31. The molecule has 0 unspecified atom stereocenters. The molecule has 0 aliphatic carbocycles. The molecule has 0 atom stereocenters. The molecule has 0 bridgehead atoms. The van der Waals surface area contributed by atoms with Crippen LogP contribution in [-0.4, -0.2) is 24.5 Å². The van der Waals surface area contributed by atoms with Crippen LogP contribution >= 0.6 is 24.0 Å². The zero-order valence-corrected chi connectivity index (χ0v) is 13.1. The quantitative estimate of drug-likeness (QED) is 0.787. The van der Waals surface area contributed by atoms with Gasteiger partial charge in [-0.1, -0.05) is 53.9 Å². The summed E-state index contributed by atoms with van der Waals surface area (Å²) in [7, 11) is 0. The second kappa shape index (κ2) is 8.63. The lowest BCUT2D eigenvalue weighted by Gasteiger charge is -2.25. The van der Waals surface area contributed by atoms with Gasteiger partial charge in [-0.3, -0.25) is 4.90 Å². The van der Waals surface area contributed by atoms with Crippen molar-refractivity contribution in [1.82, 2.24) is 4.90 Å². The molecule has 0 N–H and O–H groups in total. The number of hydrogen-bond acceptors (Lipinski definition) is 1. The van der Waals surface area contributed by atoms with Crippen molar-refractivity contribution in [1.29, 1.82) is 0 Å². The van der Waals surface area contributed by atoms with E-state index in [-0.39, 0.29) is 12.4 Å². The predicted octanol–water partition coefficient (Wildman–Crippen LogP) is 4.57. The number of aryl methyl sites for hydroxylation is 1. The molecule has 106 valence electrons. The van der Waals surface area contributed by atoms with Gasteiger partial charge in [-0.15, -0.1) is 12.4 Å². The van der Waals surface area contributed by atoms with E-state index >= 15 is 0 Å². The summed E-state index contributed by atoms with van der Waals surface area (Å²) in [6.07, 6.45) is 7.09. The van der Waals surface area contributed by atoms with Gasteiger partial charge in [0, 0.05) is 18.0 Å². The molecule has 1 nitrogen and oxygen atoms in total. The third-order valence-electron chi connectivity index (χ3n) is 3.51. The molecule has 1 heterocycles. The van der Waals surface area contributed by atoms with Crippen molar-refractivity contribution in [3.63, 3.8) is 0 Å². The van der Waals surface area contributed by atoms with Gasteiger partial charge in [0.2, 0.25) is 0 Å². The summed E-state index contributed by atoms with van der Waals surface area (Å²) in [6.45, 7) is 5.57. The van der Waals surface area contributed by atoms with Crippen molar-refractivity contribution >= 4 is 24.0 Å². The Hall–Kier alpha value is -0.500. The van der Waals surface area contributed by atoms with Gasteiger partial charge in [0.1, 0.15) is 0 Å². The van der Waals surface area contributed by atoms with Crippen LogP contribution in [0.25, 0.3) is 0 Å². The van der Waals surface area contributed by atoms with Crippen LogP contribution in [-0.2, 0) is 6.42 Å². The van der Waals surface area contributed by atoms with Gasteiger partial charge < -0.3 is 0 Å². The fourth-order valence-corrected chi connectivity index (χ4v) is 2.57. The van der Waals surface area contributed by atoms with Crippen molar-refractivity contribution < 1.29 is 0 Å². The molecule has 1 aromatic rings. The first-order valence-electron chi connectivity index (χ1n) is 6.86. The largest absolute Gasteiger partial charge is 0.300 e. The zero-order valence-electron chi connectivity index (χ0n) is 11.6. The van der Waals surface area contributed by atoms with E-state index in [9.17, 15) is 0 Å². The fourth-order valence-electron chi connectivity index (χ4n) is 2.34. The molecule has 19 heavy (non-hydrogen) atoms. The maximum atomic E-state index is 6.31. The van der Waals surface area contributed by atoms with Gasteiger partial charge in [-0.25, -0.2) is 0 Å². The second-order valence-corrected chi connectivity index (χ2v) is 5.66. The average molecular weight is 300 g/mol. The third kappa shape index (κ3) is 5.99. The Kier molecular flexibility index (Phi) is 7.52. The van der Waals surface area contributed by atoms with Gasteiger partial charge in [0.15, 0.2) is 0 Å². The molecule has 1 fully saturated rings. The van der Waals surface area contributed by atoms with E-state index in [0.717, 1.165) is 18.0 Å². The molecule has 0 amide bonds. The number of likely N-dealkylation sites (tertiary alicyclic amines) is 1. The normalized spacial score (nSPS) is 17.1. The van der Waals surface area contributed by atoms with E-state index < -0.39 is 0 Å². The minimum atomic E-state index is 0. The molecular formula is C16H23Cl2N. The van der Waals surface area contributed by atoms with Crippen LogP contribution in [0, 0.1) is 6.92 Å². The summed E-state index contributed by atoms with van der Waals surface area (Å²) in [5.74, 6) is 0. The van der Waals surface area contributed by atoms with Crippen LogP contribution < -0.4 is 0 Å². The van der Waals surface area contributed by atoms with Crippen LogP contribution in [0.4, 0.5) is 0 Å². The van der Waals surface area contributed by atoms with Gasteiger partial charge in [0.25, 0.3) is 0 Å². The number of rotatable bonds is 4. The summed E-state index contributed by atoms with van der Waals surface area (Å²) in [5.41, 5.74) is 2.59. The average Bonchev–Trinajstić information content (AvgIpc) is 2.40. The Bertz CT molecular complexity index is 392. The van der Waals surface area contributed by atoms with Crippen LogP contribution in [0.3, 0.4) is 0 Å². The van der Waals surface area contributed by atoms with Crippen molar-refractivity contribution in [2.24, 2.45) is 0 Å². The number of hydrogen-bond donors (Lipinski definition) is 0. The molecular weight excluding hydrogens is 277 g/mol. The van der Waals surface area contributed by atoms with Crippen LogP contribution in [0.1, 0.15) is 30.4 Å².